The number of rotatable bonds is 6. The van der Waals surface area contributed by atoms with Crippen LogP contribution < -0.4 is 4.74 Å². The number of benzene rings is 1. The Morgan fingerprint density at radius 2 is 2.03 bits per heavy atom. The van der Waals surface area contributed by atoms with Crippen molar-refractivity contribution < 1.29 is 9.53 Å². The van der Waals surface area contributed by atoms with Crippen molar-refractivity contribution in [3.63, 3.8) is 0 Å². The molecule has 0 saturated heterocycles. The van der Waals surface area contributed by atoms with Crippen LogP contribution in [0.15, 0.2) is 49.9 Å². The van der Waals surface area contributed by atoms with Gasteiger partial charge in [-0.1, -0.05) is 35.7 Å². The number of amidine groups is 1. The van der Waals surface area contributed by atoms with Gasteiger partial charge in [0.1, 0.15) is 17.5 Å². The molecule has 1 unspecified atom stereocenters. The largest absolute Gasteiger partial charge is 0.496 e. The maximum atomic E-state index is 12.8. The highest BCUT2D eigenvalue weighted by Gasteiger charge is 2.40. The Bertz CT molecular complexity index is 1130. The lowest BCUT2D eigenvalue weighted by Gasteiger charge is -2.18. The number of aromatic nitrogens is 3. The van der Waals surface area contributed by atoms with Crippen LogP contribution in [0.4, 0.5) is 0 Å². The number of fused-ring (bicyclic) bond motifs is 2. The van der Waals surface area contributed by atoms with Crippen LogP contribution in [-0.4, -0.2) is 44.4 Å². The van der Waals surface area contributed by atoms with Crippen LogP contribution in [0, 0.1) is 5.92 Å². The first-order chi connectivity index (χ1) is 15.2. The molecule has 1 aliphatic carbocycles. The number of para-hydroxylation sites is 1. The Morgan fingerprint density at radius 3 is 2.87 bits per heavy atom. The molecule has 0 spiro atoms. The number of ether oxygens (including phenoxy) is 1. The van der Waals surface area contributed by atoms with Crippen LogP contribution in [0.2, 0.25) is 0 Å². The first-order valence-electron chi connectivity index (χ1n) is 10.5. The molecular formula is C22H23N5O2S2. The van der Waals surface area contributed by atoms with Gasteiger partial charge in [-0.2, -0.15) is 4.99 Å². The van der Waals surface area contributed by atoms with Crippen molar-refractivity contribution in [3.05, 3.63) is 34.7 Å². The summed E-state index contributed by atoms with van der Waals surface area (Å²) in [5.74, 6) is 2.29. The van der Waals surface area contributed by atoms with E-state index in [0.29, 0.717) is 11.6 Å². The predicted octanol–water partition coefficient (Wildman–Crippen LogP) is 4.59. The Labute approximate surface area is 189 Å². The second kappa shape index (κ2) is 8.63. The van der Waals surface area contributed by atoms with Crippen molar-refractivity contribution in [3.8, 4) is 17.1 Å². The second-order valence-corrected chi connectivity index (χ2v) is 9.60. The van der Waals surface area contributed by atoms with Gasteiger partial charge in [-0.3, -0.25) is 4.79 Å². The number of carbonyl (C=O) groups is 1. The molecule has 9 heteroatoms. The fraction of sp³-hybridized carbons (Fsp3) is 0.409. The summed E-state index contributed by atoms with van der Waals surface area (Å²) in [5, 5.41) is 10.5. The van der Waals surface area contributed by atoms with Crippen LogP contribution >= 0.6 is 23.5 Å². The van der Waals surface area contributed by atoms with Crippen molar-refractivity contribution in [1.82, 2.24) is 14.8 Å². The number of amides is 1. The van der Waals surface area contributed by atoms with Gasteiger partial charge in [-0.05, 0) is 55.2 Å². The van der Waals surface area contributed by atoms with E-state index in [0.717, 1.165) is 53.1 Å². The fourth-order valence-electron chi connectivity index (χ4n) is 4.25. The first kappa shape index (κ1) is 20.5. The van der Waals surface area contributed by atoms with E-state index in [1.807, 2.05) is 28.8 Å². The molecule has 1 aromatic heterocycles. The van der Waals surface area contributed by atoms with Crippen molar-refractivity contribution in [2.24, 2.45) is 15.9 Å². The Kier molecular flexibility index (Phi) is 5.71. The smallest absolute Gasteiger partial charge is 0.261 e. The predicted molar refractivity (Wildman–Crippen MR) is 125 cm³/mol. The summed E-state index contributed by atoms with van der Waals surface area (Å²) in [6, 6.07) is 7.79. The minimum atomic E-state index is -0.217. The average molecular weight is 454 g/mol. The van der Waals surface area contributed by atoms with Gasteiger partial charge in [0.15, 0.2) is 11.0 Å². The van der Waals surface area contributed by atoms with E-state index in [4.69, 9.17) is 9.73 Å². The molecule has 1 atom stereocenters. The number of nitrogens with zero attached hydrogens (tertiary/aromatic N) is 5. The monoisotopic (exact) mass is 453 g/mol. The first-order valence-corrected chi connectivity index (χ1v) is 12.3. The van der Waals surface area contributed by atoms with E-state index < -0.39 is 0 Å². The van der Waals surface area contributed by atoms with Gasteiger partial charge in [0.2, 0.25) is 0 Å². The van der Waals surface area contributed by atoms with Gasteiger partial charge >= 0.3 is 0 Å². The normalized spacial score (nSPS) is 20.3. The van der Waals surface area contributed by atoms with Crippen LogP contribution in [0.1, 0.15) is 32.6 Å². The van der Waals surface area contributed by atoms with Crippen LogP contribution in [0.5, 0.6) is 5.75 Å². The molecule has 1 amide bonds. The number of hydrogen-bond acceptors (Lipinski definition) is 7. The van der Waals surface area contributed by atoms with E-state index in [1.165, 1.54) is 28.7 Å². The third-order valence-corrected chi connectivity index (χ3v) is 7.93. The summed E-state index contributed by atoms with van der Waals surface area (Å²) in [5.41, 5.74) is 2.17. The van der Waals surface area contributed by atoms with Gasteiger partial charge in [0.05, 0.1) is 23.5 Å². The van der Waals surface area contributed by atoms with Crippen LogP contribution in [0.25, 0.3) is 11.4 Å². The van der Waals surface area contributed by atoms with Crippen molar-refractivity contribution in [1.29, 1.82) is 0 Å². The van der Waals surface area contributed by atoms with Crippen LogP contribution in [0.3, 0.4) is 0 Å². The molecule has 0 fully saturated rings. The Morgan fingerprint density at radius 1 is 1.19 bits per heavy atom. The van der Waals surface area contributed by atoms with E-state index in [9.17, 15) is 4.79 Å². The maximum Gasteiger partial charge on any atom is 0.261 e. The number of methoxy groups -OCH3 is 1. The Balaban J connectivity index is 1.35. The lowest BCUT2D eigenvalue weighted by Crippen LogP contribution is -2.26. The molecule has 2 aromatic rings. The molecular weight excluding hydrogens is 430 g/mol. The van der Waals surface area contributed by atoms with E-state index in [2.05, 4.69) is 22.1 Å². The Hall–Kier alpha value is -2.39. The third kappa shape index (κ3) is 3.74. The molecule has 3 heterocycles. The SMILES string of the molecule is CCn1c(SCC2=NC(=O)C3C(=N2)SC2=C3CCCC2)nnc1-c1ccccc1OC. The molecule has 0 bridgehead atoms. The van der Waals surface area contributed by atoms with E-state index in [1.54, 1.807) is 18.9 Å². The summed E-state index contributed by atoms with van der Waals surface area (Å²) in [7, 11) is 1.65. The van der Waals surface area contributed by atoms with E-state index >= 15 is 0 Å². The number of carbonyl (C=O) groups excluding carboxylic acids is 1. The number of aliphatic imine (C=N–C) groups is 2. The molecule has 7 nitrogen and oxygen atoms in total. The van der Waals surface area contributed by atoms with Crippen LogP contribution in [-0.2, 0) is 11.3 Å². The third-order valence-electron chi connectivity index (χ3n) is 5.72. The highest BCUT2D eigenvalue weighted by Crippen LogP contribution is 2.47. The van der Waals surface area contributed by atoms with Crippen molar-refractivity contribution in [2.45, 2.75) is 44.3 Å². The minimum Gasteiger partial charge on any atom is -0.496 e. The average Bonchev–Trinajstić information content (AvgIpc) is 3.38. The zero-order valence-corrected chi connectivity index (χ0v) is 19.1. The highest BCUT2D eigenvalue weighted by atomic mass is 32.2. The summed E-state index contributed by atoms with van der Waals surface area (Å²) in [4.78, 5) is 23.2. The van der Waals surface area contributed by atoms with Gasteiger partial charge in [-0.15, -0.1) is 10.2 Å². The molecule has 1 aromatic carbocycles. The highest BCUT2D eigenvalue weighted by molar-refractivity contribution is 8.17. The quantitative estimate of drug-likeness (QED) is 0.595. The molecule has 5 rings (SSSR count). The summed E-state index contributed by atoms with van der Waals surface area (Å²) < 4.78 is 7.54. The fourth-order valence-corrected chi connectivity index (χ4v) is 6.46. The number of allylic oxidation sites excluding steroid dienone is 1. The molecule has 0 N–H and O–H groups in total. The summed E-state index contributed by atoms with van der Waals surface area (Å²) in [6.45, 7) is 2.78. The molecule has 3 aliphatic rings. The molecule has 160 valence electrons. The molecule has 0 radical (unpaired) electrons. The lowest BCUT2D eigenvalue weighted by molar-refractivity contribution is -0.118. The zero-order valence-electron chi connectivity index (χ0n) is 17.5. The van der Waals surface area contributed by atoms with Gasteiger partial charge in [-0.25, -0.2) is 4.99 Å². The topological polar surface area (TPSA) is 81.7 Å². The maximum absolute atomic E-state index is 12.8. The van der Waals surface area contributed by atoms with Gasteiger partial charge in [0, 0.05) is 6.54 Å². The number of hydrogen-bond donors (Lipinski definition) is 0. The van der Waals surface area contributed by atoms with Crippen molar-refractivity contribution in [2.75, 3.05) is 12.9 Å². The van der Waals surface area contributed by atoms with Crippen molar-refractivity contribution >= 4 is 40.3 Å². The van der Waals surface area contributed by atoms with Gasteiger partial charge in [0.25, 0.3) is 5.91 Å². The molecule has 0 saturated carbocycles. The molecule has 31 heavy (non-hydrogen) atoms. The number of thioether (sulfide) groups is 2. The van der Waals surface area contributed by atoms with Gasteiger partial charge < -0.3 is 9.30 Å². The standard InChI is InChI=1S/C22H23N5O2S2/c1-3-27-19(13-8-4-6-10-15(13)29-2)25-26-22(27)30-12-17-23-20(28)18-14-9-5-7-11-16(14)31-21(18)24-17/h4,6,8,10,18H,3,5,7,9,11-12H2,1-2H3. The zero-order chi connectivity index (χ0) is 21.4. The lowest BCUT2D eigenvalue weighted by atomic mass is 9.89. The molecule has 2 aliphatic heterocycles. The summed E-state index contributed by atoms with van der Waals surface area (Å²) >= 11 is 3.20. The minimum absolute atomic E-state index is 0.0633. The van der Waals surface area contributed by atoms with E-state index in [-0.39, 0.29) is 11.8 Å². The second-order valence-electron chi connectivity index (χ2n) is 7.55. The summed E-state index contributed by atoms with van der Waals surface area (Å²) in [6.07, 6.45) is 4.43.